The molecule has 0 radical (unpaired) electrons. The van der Waals surface area contributed by atoms with Gasteiger partial charge in [-0.2, -0.15) is 0 Å². The monoisotopic (exact) mass is 352 g/mol. The molecular formula is C14H13BrN2O4. The Morgan fingerprint density at radius 2 is 1.86 bits per heavy atom. The molecule has 0 aromatic heterocycles. The number of benzene rings is 2. The number of rotatable bonds is 4. The van der Waals surface area contributed by atoms with Crippen molar-refractivity contribution in [2.45, 2.75) is 13.0 Å². The molecule has 2 aromatic carbocycles. The topological polar surface area (TPSA) is 95.6 Å². The summed E-state index contributed by atoms with van der Waals surface area (Å²) in [6.07, 6.45) is 0. The number of nitrogens with one attached hydrogen (secondary N) is 1. The Morgan fingerprint density at radius 3 is 2.38 bits per heavy atom. The molecule has 0 saturated carbocycles. The lowest BCUT2D eigenvalue weighted by atomic mass is 10.1. The molecule has 0 aliphatic carbocycles. The molecule has 0 heterocycles. The normalized spacial score (nSPS) is 11.9. The first-order chi connectivity index (χ1) is 9.90. The van der Waals surface area contributed by atoms with Crippen molar-refractivity contribution in [1.29, 1.82) is 0 Å². The summed E-state index contributed by atoms with van der Waals surface area (Å²) in [5.41, 5.74) is 0.966. The van der Waals surface area contributed by atoms with Crippen LogP contribution in [0.4, 0.5) is 11.4 Å². The molecule has 0 fully saturated rings. The van der Waals surface area contributed by atoms with Gasteiger partial charge in [0.15, 0.2) is 0 Å². The van der Waals surface area contributed by atoms with E-state index in [1.165, 1.54) is 18.2 Å². The van der Waals surface area contributed by atoms with Gasteiger partial charge in [-0.05, 0) is 47.1 Å². The van der Waals surface area contributed by atoms with Gasteiger partial charge in [-0.3, -0.25) is 10.1 Å². The fourth-order valence-electron chi connectivity index (χ4n) is 2.05. The van der Waals surface area contributed by atoms with E-state index in [1.54, 1.807) is 25.1 Å². The molecule has 2 aromatic rings. The highest BCUT2D eigenvalue weighted by molar-refractivity contribution is 9.10. The highest BCUT2D eigenvalue weighted by Crippen LogP contribution is 2.35. The second-order valence-corrected chi connectivity index (χ2v) is 5.35. The number of aromatic hydroxyl groups is 2. The van der Waals surface area contributed by atoms with Crippen molar-refractivity contribution in [3.05, 3.63) is 56.5 Å². The van der Waals surface area contributed by atoms with E-state index in [2.05, 4.69) is 21.2 Å². The molecule has 21 heavy (non-hydrogen) atoms. The van der Waals surface area contributed by atoms with Gasteiger partial charge in [0.2, 0.25) is 0 Å². The molecule has 0 aliphatic rings. The third-order valence-corrected chi connectivity index (χ3v) is 3.66. The number of halogens is 1. The Morgan fingerprint density at radius 1 is 1.24 bits per heavy atom. The molecule has 1 atom stereocenters. The Hall–Kier alpha value is -2.28. The van der Waals surface area contributed by atoms with E-state index in [0.29, 0.717) is 15.7 Å². The van der Waals surface area contributed by atoms with Crippen molar-refractivity contribution in [1.82, 2.24) is 0 Å². The minimum atomic E-state index is -0.480. The summed E-state index contributed by atoms with van der Waals surface area (Å²) in [7, 11) is 0. The van der Waals surface area contributed by atoms with Crippen LogP contribution in [-0.2, 0) is 0 Å². The Kier molecular flexibility index (Phi) is 4.32. The van der Waals surface area contributed by atoms with Crippen molar-refractivity contribution in [2.75, 3.05) is 5.32 Å². The van der Waals surface area contributed by atoms with Crippen molar-refractivity contribution in [3.8, 4) is 11.5 Å². The maximum atomic E-state index is 10.8. The van der Waals surface area contributed by atoms with Crippen LogP contribution in [-0.4, -0.2) is 15.1 Å². The van der Waals surface area contributed by atoms with Crippen LogP contribution in [0.2, 0.25) is 0 Å². The minimum absolute atomic E-state index is 0.0176. The van der Waals surface area contributed by atoms with Gasteiger partial charge < -0.3 is 15.5 Å². The average molecular weight is 353 g/mol. The quantitative estimate of drug-likeness (QED) is 0.572. The lowest BCUT2D eigenvalue weighted by molar-refractivity contribution is -0.385. The van der Waals surface area contributed by atoms with E-state index in [4.69, 9.17) is 0 Å². The number of anilines is 1. The smallest absolute Gasteiger partial charge is 0.283 e. The molecule has 3 N–H and O–H groups in total. The molecule has 1 unspecified atom stereocenters. The number of nitrogens with zero attached hydrogens (tertiary/aromatic N) is 1. The van der Waals surface area contributed by atoms with Crippen molar-refractivity contribution in [2.24, 2.45) is 0 Å². The van der Waals surface area contributed by atoms with Crippen LogP contribution >= 0.6 is 15.9 Å². The van der Waals surface area contributed by atoms with Crippen molar-refractivity contribution < 1.29 is 15.1 Å². The average Bonchev–Trinajstić information content (AvgIpc) is 2.37. The molecule has 0 bridgehead atoms. The summed E-state index contributed by atoms with van der Waals surface area (Å²) < 4.78 is 0.353. The van der Waals surface area contributed by atoms with E-state index < -0.39 is 4.92 Å². The molecular weight excluding hydrogens is 340 g/mol. The first kappa shape index (κ1) is 15.1. The standard InChI is InChI=1S/C14H13BrN2O4/c1-8(14-12(18)3-2-4-13(14)19)16-9-5-6-11(17(20)21)10(15)7-9/h2-8,16,18-19H,1H3. The van der Waals surface area contributed by atoms with Crippen LogP contribution in [0, 0.1) is 10.1 Å². The first-order valence-electron chi connectivity index (χ1n) is 6.11. The number of phenols is 2. The number of phenolic OH excluding ortho intramolecular Hbond substituents is 2. The number of hydrogen-bond donors (Lipinski definition) is 3. The van der Waals surface area contributed by atoms with Gasteiger partial charge in [-0.15, -0.1) is 0 Å². The van der Waals surface area contributed by atoms with Gasteiger partial charge in [-0.1, -0.05) is 6.07 Å². The van der Waals surface area contributed by atoms with Gasteiger partial charge >= 0.3 is 0 Å². The van der Waals surface area contributed by atoms with E-state index >= 15 is 0 Å². The lowest BCUT2D eigenvalue weighted by Gasteiger charge is -2.18. The Bertz CT molecular complexity index is 670. The fourth-order valence-corrected chi connectivity index (χ4v) is 2.58. The molecule has 7 heteroatoms. The molecule has 6 nitrogen and oxygen atoms in total. The van der Waals surface area contributed by atoms with Crippen LogP contribution in [0.3, 0.4) is 0 Å². The largest absolute Gasteiger partial charge is 0.507 e. The lowest BCUT2D eigenvalue weighted by Crippen LogP contribution is -2.07. The van der Waals surface area contributed by atoms with Crippen LogP contribution in [0.1, 0.15) is 18.5 Å². The predicted octanol–water partition coefficient (Wildman–Crippen LogP) is 3.94. The van der Waals surface area contributed by atoms with Crippen LogP contribution in [0.5, 0.6) is 11.5 Å². The SMILES string of the molecule is CC(Nc1ccc([N+](=O)[O-])c(Br)c1)c1c(O)cccc1O. The van der Waals surface area contributed by atoms with E-state index in [0.717, 1.165) is 0 Å². The van der Waals surface area contributed by atoms with Gasteiger partial charge in [0.05, 0.1) is 21.0 Å². The predicted molar refractivity (Wildman–Crippen MR) is 82.6 cm³/mol. The molecule has 0 aliphatic heterocycles. The third-order valence-electron chi connectivity index (χ3n) is 3.02. The van der Waals surface area contributed by atoms with E-state index in [9.17, 15) is 20.3 Å². The van der Waals surface area contributed by atoms with E-state index in [-0.39, 0.29) is 23.2 Å². The minimum Gasteiger partial charge on any atom is -0.507 e. The Balaban J connectivity index is 2.26. The highest BCUT2D eigenvalue weighted by Gasteiger charge is 2.17. The zero-order valence-corrected chi connectivity index (χ0v) is 12.7. The number of hydrogen-bond acceptors (Lipinski definition) is 5. The molecule has 0 spiro atoms. The van der Waals surface area contributed by atoms with Crippen LogP contribution < -0.4 is 5.32 Å². The molecule has 0 saturated heterocycles. The second-order valence-electron chi connectivity index (χ2n) is 4.50. The molecule has 0 amide bonds. The second kappa shape index (κ2) is 6.01. The highest BCUT2D eigenvalue weighted by atomic mass is 79.9. The van der Waals surface area contributed by atoms with Gasteiger partial charge in [-0.25, -0.2) is 0 Å². The first-order valence-corrected chi connectivity index (χ1v) is 6.90. The molecule has 110 valence electrons. The van der Waals surface area contributed by atoms with E-state index in [1.807, 2.05) is 0 Å². The summed E-state index contributed by atoms with van der Waals surface area (Å²) in [6.45, 7) is 1.77. The molecule has 2 rings (SSSR count). The summed E-state index contributed by atoms with van der Waals surface area (Å²) in [5, 5.41) is 33.5. The maximum absolute atomic E-state index is 10.8. The summed E-state index contributed by atoms with van der Waals surface area (Å²) in [4.78, 5) is 10.3. The van der Waals surface area contributed by atoms with Crippen LogP contribution in [0.15, 0.2) is 40.9 Å². The van der Waals surface area contributed by atoms with Crippen molar-refractivity contribution in [3.63, 3.8) is 0 Å². The number of nitro groups is 1. The summed E-state index contributed by atoms with van der Waals surface area (Å²) in [6, 6.07) is 8.66. The Labute approximate surface area is 129 Å². The fraction of sp³-hybridized carbons (Fsp3) is 0.143. The van der Waals surface area contributed by atoms with Gasteiger partial charge in [0, 0.05) is 11.8 Å². The number of nitro benzene ring substituents is 1. The zero-order chi connectivity index (χ0) is 15.6. The van der Waals surface area contributed by atoms with Crippen molar-refractivity contribution >= 4 is 27.3 Å². The summed E-state index contributed by atoms with van der Waals surface area (Å²) >= 11 is 3.14. The van der Waals surface area contributed by atoms with Crippen LogP contribution in [0.25, 0.3) is 0 Å². The summed E-state index contributed by atoms with van der Waals surface area (Å²) in [5.74, 6) is -0.0352. The zero-order valence-electron chi connectivity index (χ0n) is 11.1. The third kappa shape index (κ3) is 3.25. The maximum Gasteiger partial charge on any atom is 0.283 e. The van der Waals surface area contributed by atoms with Gasteiger partial charge in [0.25, 0.3) is 5.69 Å². The van der Waals surface area contributed by atoms with Gasteiger partial charge in [0.1, 0.15) is 11.5 Å².